The summed E-state index contributed by atoms with van der Waals surface area (Å²) in [4.78, 5) is 1.94. The van der Waals surface area contributed by atoms with Gasteiger partial charge in [-0.2, -0.15) is 26.3 Å². The lowest BCUT2D eigenvalue weighted by Crippen LogP contribution is -2.40. The van der Waals surface area contributed by atoms with Crippen molar-refractivity contribution in [2.45, 2.75) is 44.1 Å². The predicted molar refractivity (Wildman–Crippen MR) is 99.7 cm³/mol. The van der Waals surface area contributed by atoms with Gasteiger partial charge < -0.3 is 9.45 Å². The molecule has 0 heterocycles. The summed E-state index contributed by atoms with van der Waals surface area (Å²) in [6.07, 6.45) is 0.0852. The monoisotopic (exact) mass is 469 g/mol. The van der Waals surface area contributed by atoms with Crippen LogP contribution in [0.3, 0.4) is 0 Å². The smallest absolute Gasteiger partial charge is 0.372 e. The van der Waals surface area contributed by atoms with Crippen LogP contribution in [0.25, 0.3) is 0 Å². The highest BCUT2D eigenvalue weighted by Gasteiger charge is 2.55. The van der Waals surface area contributed by atoms with E-state index < -0.39 is 41.3 Å². The molecule has 5 nitrogen and oxygen atoms in total. The summed E-state index contributed by atoms with van der Waals surface area (Å²) >= 11 is 0. The summed E-state index contributed by atoms with van der Waals surface area (Å²) in [6.45, 7) is 5.17. The van der Waals surface area contributed by atoms with E-state index in [1.807, 2.05) is 18.7 Å². The molecule has 0 aliphatic rings. The van der Waals surface area contributed by atoms with E-state index in [0.717, 1.165) is 25.0 Å². The molecule has 1 N–H and O–H groups in total. The average Bonchev–Trinajstić information content (AvgIpc) is 2.57. The lowest BCUT2D eigenvalue weighted by atomic mass is 10.1. The van der Waals surface area contributed by atoms with E-state index in [9.17, 15) is 43.5 Å². The summed E-state index contributed by atoms with van der Waals surface area (Å²) in [6, 6.07) is 5.08. The third-order valence-corrected chi connectivity index (χ3v) is 7.94. The van der Waals surface area contributed by atoms with Crippen molar-refractivity contribution in [1.29, 1.82) is 0 Å². The summed E-state index contributed by atoms with van der Waals surface area (Å²) in [5.74, 6) is 0. The number of halogens is 6. The van der Waals surface area contributed by atoms with Gasteiger partial charge >= 0.3 is 11.0 Å². The molecule has 0 radical (unpaired) electrons. The molecule has 1 aromatic carbocycles. The topological polar surface area (TPSA) is 74.7 Å². The standard InChI is InChI=1S/C16H21F6NO4S2/c1-3-9-23(10-4-2)13-7-5-12(6-8-13)11-14(28(24,25)15(17,18)19)29(26,27)16(20,21)22/h5-8H,3-4,9-11H2,1-2H3,(H,24,25). The van der Waals surface area contributed by atoms with Crippen molar-refractivity contribution in [3.8, 4) is 0 Å². The Morgan fingerprint density at radius 2 is 1.34 bits per heavy atom. The maximum atomic E-state index is 12.9. The van der Waals surface area contributed by atoms with Gasteiger partial charge in [0.2, 0.25) is 0 Å². The molecule has 0 aromatic heterocycles. The molecule has 0 aliphatic heterocycles. The summed E-state index contributed by atoms with van der Waals surface area (Å²) in [5.41, 5.74) is -11.9. The Labute approximate surface area is 165 Å². The zero-order chi connectivity index (χ0) is 22.7. The van der Waals surface area contributed by atoms with Crippen molar-refractivity contribution in [1.82, 2.24) is 0 Å². The van der Waals surface area contributed by atoms with Gasteiger partial charge in [0, 0.05) is 25.2 Å². The Bertz CT molecular complexity index is 908. The number of hydrogen-bond donors (Lipinski definition) is 1. The Morgan fingerprint density at radius 3 is 1.69 bits per heavy atom. The molecule has 29 heavy (non-hydrogen) atoms. The SMILES string of the molecule is CCCN(CCC)c1ccc(CC(S(=O)(=O)C(F)(F)F)=S(=O)(O)C(F)(F)F)cc1. The number of alkyl halides is 6. The Kier molecular flexibility index (Phi) is 8.05. The highest BCUT2D eigenvalue weighted by molar-refractivity contribution is 8.22. The van der Waals surface area contributed by atoms with E-state index in [-0.39, 0.29) is 5.56 Å². The molecule has 168 valence electrons. The number of nitrogens with zero attached hydrogens (tertiary/aromatic N) is 1. The van der Waals surface area contributed by atoms with Crippen molar-refractivity contribution in [2.24, 2.45) is 0 Å². The highest BCUT2D eigenvalue weighted by atomic mass is 32.3. The number of hydrogen-bond acceptors (Lipinski definition) is 4. The zero-order valence-corrected chi connectivity index (χ0v) is 17.2. The quantitative estimate of drug-likeness (QED) is 0.479. The predicted octanol–water partition coefficient (Wildman–Crippen LogP) is 4.20. The third kappa shape index (κ3) is 5.79. The van der Waals surface area contributed by atoms with Crippen LogP contribution in [0.4, 0.5) is 32.0 Å². The van der Waals surface area contributed by atoms with E-state index in [1.54, 1.807) is 0 Å². The van der Waals surface area contributed by atoms with Gasteiger partial charge in [-0.1, -0.05) is 26.0 Å². The Balaban J connectivity index is 3.48. The van der Waals surface area contributed by atoms with Crippen LogP contribution in [0, 0.1) is 0 Å². The van der Waals surface area contributed by atoms with Crippen LogP contribution >= 0.6 is 0 Å². The van der Waals surface area contributed by atoms with Crippen LogP contribution in [-0.2, 0) is 26.1 Å². The largest absolute Gasteiger partial charge is 0.502 e. The van der Waals surface area contributed by atoms with Crippen LogP contribution in [0.5, 0.6) is 0 Å². The van der Waals surface area contributed by atoms with Crippen molar-refractivity contribution >= 4 is 29.5 Å². The van der Waals surface area contributed by atoms with Crippen molar-refractivity contribution in [3.05, 3.63) is 29.8 Å². The molecule has 0 saturated carbocycles. The first kappa shape index (κ1) is 25.6. The van der Waals surface area contributed by atoms with Gasteiger partial charge in [-0.3, -0.25) is 0 Å². The molecular weight excluding hydrogens is 448 g/mol. The molecule has 0 fully saturated rings. The number of rotatable bonds is 7. The second-order valence-electron chi connectivity index (χ2n) is 6.12. The minimum absolute atomic E-state index is 0.282. The maximum absolute atomic E-state index is 12.9. The van der Waals surface area contributed by atoms with Gasteiger partial charge in [0.25, 0.3) is 9.84 Å². The van der Waals surface area contributed by atoms with E-state index in [2.05, 4.69) is 0 Å². The Morgan fingerprint density at radius 1 is 0.897 bits per heavy atom. The fourth-order valence-electron chi connectivity index (χ4n) is 2.50. The zero-order valence-electron chi connectivity index (χ0n) is 15.5. The molecule has 0 amide bonds. The maximum Gasteiger partial charge on any atom is 0.502 e. The number of sulfone groups is 1. The van der Waals surface area contributed by atoms with Crippen LogP contribution in [0.2, 0.25) is 0 Å². The first-order valence-electron chi connectivity index (χ1n) is 8.43. The van der Waals surface area contributed by atoms with Crippen molar-refractivity contribution in [3.63, 3.8) is 0 Å². The van der Waals surface area contributed by atoms with Crippen LogP contribution < -0.4 is 4.90 Å². The summed E-state index contributed by atoms with van der Waals surface area (Å²) < 4.78 is 119. The lowest BCUT2D eigenvalue weighted by Gasteiger charge is -2.24. The van der Waals surface area contributed by atoms with Crippen LogP contribution in [-0.4, -0.2) is 45.5 Å². The molecule has 0 aliphatic carbocycles. The minimum Gasteiger partial charge on any atom is -0.372 e. The molecule has 0 bridgehead atoms. The number of benzene rings is 1. The summed E-state index contributed by atoms with van der Waals surface area (Å²) in [5, 5.41) is 0. The summed E-state index contributed by atoms with van der Waals surface area (Å²) in [7, 11) is -13.1. The molecule has 1 rings (SSSR count). The van der Waals surface area contributed by atoms with Gasteiger partial charge in [-0.25, -0.2) is 12.6 Å². The van der Waals surface area contributed by atoms with Crippen molar-refractivity contribution in [2.75, 3.05) is 18.0 Å². The Hall–Kier alpha value is -1.47. The first-order chi connectivity index (χ1) is 13.1. The molecule has 1 aromatic rings. The lowest BCUT2D eigenvalue weighted by molar-refractivity contribution is -0.0458. The highest BCUT2D eigenvalue weighted by Crippen LogP contribution is 2.32. The second-order valence-corrected chi connectivity index (χ2v) is 10.4. The average molecular weight is 469 g/mol. The molecule has 1 atom stereocenters. The van der Waals surface area contributed by atoms with E-state index in [4.69, 9.17) is 0 Å². The van der Waals surface area contributed by atoms with Gasteiger partial charge in [-0.05, 0) is 30.5 Å². The molecular formula is C16H21F6NO4S2. The van der Waals surface area contributed by atoms with E-state index in [1.165, 1.54) is 12.1 Å². The number of anilines is 1. The minimum atomic E-state index is -6.66. The van der Waals surface area contributed by atoms with Gasteiger partial charge in [-0.15, -0.1) is 0 Å². The molecule has 0 spiro atoms. The van der Waals surface area contributed by atoms with Crippen LogP contribution in [0.1, 0.15) is 32.3 Å². The van der Waals surface area contributed by atoms with Crippen molar-refractivity contribution < 1.29 is 43.5 Å². The molecule has 0 saturated heterocycles. The van der Waals surface area contributed by atoms with Crippen LogP contribution in [0.15, 0.2) is 24.3 Å². The third-order valence-electron chi connectivity index (χ3n) is 3.86. The normalized spacial score (nSPS) is 15.1. The van der Waals surface area contributed by atoms with Gasteiger partial charge in [0.05, 0.1) is 0 Å². The molecule has 13 heteroatoms. The fraction of sp³-hybridized carbons (Fsp3) is 0.562. The van der Waals surface area contributed by atoms with E-state index in [0.29, 0.717) is 18.8 Å². The molecule has 1 unspecified atom stereocenters. The first-order valence-corrected chi connectivity index (χ1v) is 11.4. The van der Waals surface area contributed by atoms with E-state index >= 15 is 0 Å². The van der Waals surface area contributed by atoms with Gasteiger partial charge in [0.1, 0.15) is 4.20 Å². The second kappa shape index (κ2) is 9.13. The van der Waals surface area contributed by atoms with Gasteiger partial charge in [0.15, 0.2) is 9.80 Å². The fourth-order valence-corrected chi connectivity index (χ4v) is 5.49.